The van der Waals surface area contributed by atoms with Crippen LogP contribution in [0.15, 0.2) is 45.2 Å². The molecule has 0 aliphatic rings. The molecule has 0 N–H and O–H groups in total. The van der Waals surface area contributed by atoms with Crippen molar-refractivity contribution in [2.24, 2.45) is 17.8 Å². The number of aromatic nitrogens is 7. The molecule has 0 aromatic carbocycles. The molecule has 0 spiro atoms. The van der Waals surface area contributed by atoms with E-state index in [2.05, 4.69) is 35.3 Å². The van der Waals surface area contributed by atoms with Crippen molar-refractivity contribution in [3.05, 3.63) is 47.8 Å². The number of pyridine rings is 3. The molecule has 0 saturated heterocycles. The summed E-state index contributed by atoms with van der Waals surface area (Å²) in [5, 5.41) is 16.7. The van der Waals surface area contributed by atoms with Gasteiger partial charge in [0, 0.05) is 36.4 Å². The summed E-state index contributed by atoms with van der Waals surface area (Å²) in [5.74, 6) is 0.641. The molecule has 5 aromatic rings. The Kier molecular flexibility index (Phi) is 11.5. The Balaban J connectivity index is 1.52. The predicted octanol–water partition coefficient (Wildman–Crippen LogP) is 5.98. The molecule has 0 saturated carbocycles. The molecule has 0 radical (unpaired) electrons. The SMILES string of the molecule is COC(=O)c1cc(OCC(C)C)cc(-c2nnc(-c3cc(OCC(C)C)cc(-c4nnc(-c5cc(OCC(C)C)cc(C(=O)OC)n5)o4)n3)o2)n1. The van der Waals surface area contributed by atoms with Gasteiger partial charge in [-0.3, -0.25) is 0 Å². The molecule has 51 heavy (non-hydrogen) atoms. The second kappa shape index (κ2) is 16.2. The summed E-state index contributed by atoms with van der Waals surface area (Å²) < 4.78 is 39.5. The summed E-state index contributed by atoms with van der Waals surface area (Å²) in [6.07, 6.45) is 0. The van der Waals surface area contributed by atoms with Crippen molar-refractivity contribution in [2.45, 2.75) is 41.5 Å². The zero-order valence-corrected chi connectivity index (χ0v) is 29.6. The highest BCUT2D eigenvalue weighted by Crippen LogP contribution is 2.32. The van der Waals surface area contributed by atoms with Gasteiger partial charge in [0.15, 0.2) is 11.4 Å². The lowest BCUT2D eigenvalue weighted by atomic mass is 10.2. The first kappa shape index (κ1) is 36.4. The van der Waals surface area contributed by atoms with E-state index in [1.807, 2.05) is 41.5 Å². The fourth-order valence-electron chi connectivity index (χ4n) is 4.27. The quantitative estimate of drug-likeness (QED) is 0.115. The van der Waals surface area contributed by atoms with Gasteiger partial charge in [0.1, 0.15) is 40.0 Å². The number of ether oxygens (including phenoxy) is 5. The molecule has 0 unspecified atom stereocenters. The van der Waals surface area contributed by atoms with E-state index in [4.69, 9.17) is 32.5 Å². The average molecular weight is 702 g/mol. The second-order valence-electron chi connectivity index (χ2n) is 12.6. The van der Waals surface area contributed by atoms with Crippen LogP contribution in [0.2, 0.25) is 0 Å². The summed E-state index contributed by atoms with van der Waals surface area (Å²) in [6.45, 7) is 13.3. The van der Waals surface area contributed by atoms with E-state index >= 15 is 0 Å². The number of hydrogen-bond donors (Lipinski definition) is 0. The number of nitrogens with zero attached hydrogens (tertiary/aromatic N) is 7. The van der Waals surface area contributed by atoms with Gasteiger partial charge in [0.2, 0.25) is 0 Å². The van der Waals surface area contributed by atoms with Crippen molar-refractivity contribution < 1.29 is 42.1 Å². The van der Waals surface area contributed by atoms with Gasteiger partial charge in [-0.1, -0.05) is 41.5 Å². The van der Waals surface area contributed by atoms with Gasteiger partial charge < -0.3 is 32.5 Å². The Morgan fingerprint density at radius 2 is 0.804 bits per heavy atom. The molecule has 16 nitrogen and oxygen atoms in total. The molecule has 5 rings (SSSR count). The number of hydrogen-bond acceptors (Lipinski definition) is 16. The van der Waals surface area contributed by atoms with Crippen LogP contribution >= 0.6 is 0 Å². The molecular formula is C35H39N7O9. The normalized spacial score (nSPS) is 11.3. The summed E-state index contributed by atoms with van der Waals surface area (Å²) in [7, 11) is 2.52. The van der Waals surface area contributed by atoms with Gasteiger partial charge in [-0.05, 0) is 17.8 Å². The first-order valence-corrected chi connectivity index (χ1v) is 16.2. The van der Waals surface area contributed by atoms with Crippen LogP contribution < -0.4 is 14.2 Å². The van der Waals surface area contributed by atoms with E-state index in [0.717, 1.165) is 0 Å². The maximum Gasteiger partial charge on any atom is 0.356 e. The van der Waals surface area contributed by atoms with Crippen molar-refractivity contribution in [3.63, 3.8) is 0 Å². The second-order valence-corrected chi connectivity index (χ2v) is 12.6. The Morgan fingerprint density at radius 1 is 0.510 bits per heavy atom. The lowest BCUT2D eigenvalue weighted by molar-refractivity contribution is 0.0585. The van der Waals surface area contributed by atoms with Crippen molar-refractivity contribution in [1.29, 1.82) is 0 Å². The monoisotopic (exact) mass is 701 g/mol. The van der Waals surface area contributed by atoms with E-state index in [9.17, 15) is 9.59 Å². The van der Waals surface area contributed by atoms with Crippen LogP contribution in [0.5, 0.6) is 17.2 Å². The first-order valence-electron chi connectivity index (χ1n) is 16.2. The van der Waals surface area contributed by atoms with Gasteiger partial charge in [-0.25, -0.2) is 24.5 Å². The third-order valence-corrected chi connectivity index (χ3v) is 6.66. The number of rotatable bonds is 15. The van der Waals surface area contributed by atoms with E-state index in [-0.39, 0.29) is 75.5 Å². The van der Waals surface area contributed by atoms with Gasteiger partial charge >= 0.3 is 11.9 Å². The van der Waals surface area contributed by atoms with E-state index in [0.29, 0.717) is 37.1 Å². The van der Waals surface area contributed by atoms with Crippen LogP contribution in [0.25, 0.3) is 46.3 Å². The first-order chi connectivity index (χ1) is 24.4. The number of carbonyl (C=O) groups excluding carboxylic acids is 2. The van der Waals surface area contributed by atoms with E-state index in [1.165, 1.54) is 26.4 Å². The highest BCUT2D eigenvalue weighted by Gasteiger charge is 2.22. The highest BCUT2D eigenvalue weighted by molar-refractivity contribution is 5.89. The third kappa shape index (κ3) is 9.40. The molecule has 5 aromatic heterocycles. The van der Waals surface area contributed by atoms with Gasteiger partial charge in [0.05, 0.1) is 34.0 Å². The minimum atomic E-state index is -0.655. The lowest BCUT2D eigenvalue weighted by Crippen LogP contribution is -2.08. The Bertz CT molecular complexity index is 1860. The molecule has 5 heterocycles. The van der Waals surface area contributed by atoms with Crippen LogP contribution in [0, 0.1) is 17.8 Å². The predicted molar refractivity (Wildman–Crippen MR) is 181 cm³/mol. The van der Waals surface area contributed by atoms with E-state index in [1.54, 1.807) is 24.3 Å². The van der Waals surface area contributed by atoms with Gasteiger partial charge in [-0.2, -0.15) is 0 Å². The average Bonchev–Trinajstić information content (AvgIpc) is 3.83. The summed E-state index contributed by atoms with van der Waals surface area (Å²) >= 11 is 0. The number of methoxy groups -OCH3 is 2. The van der Waals surface area contributed by atoms with Gasteiger partial charge in [-0.15, -0.1) is 20.4 Å². The van der Waals surface area contributed by atoms with Crippen LogP contribution in [-0.4, -0.2) is 81.3 Å². The third-order valence-electron chi connectivity index (χ3n) is 6.66. The minimum absolute atomic E-state index is 0.00845. The molecule has 268 valence electrons. The molecular weight excluding hydrogens is 662 g/mol. The standard InChI is InChI=1S/C35H39N7O9/c1-18(2)15-47-21-9-24(30-39-41-32(50-30)26-11-22(48-16-19(3)4)13-28(37-26)34(43)45-7)36-25(10-21)31-40-42-33(51-31)27-12-23(49-17-20(5)6)14-29(38-27)35(44)46-8/h9-14,18-20H,15-17H2,1-8H3. The van der Waals surface area contributed by atoms with Crippen molar-refractivity contribution in [3.8, 4) is 63.6 Å². The zero-order chi connectivity index (χ0) is 36.7. The smallest absolute Gasteiger partial charge is 0.356 e. The molecule has 16 heteroatoms. The topological polar surface area (TPSA) is 197 Å². The Morgan fingerprint density at radius 3 is 1.10 bits per heavy atom. The molecule has 0 bridgehead atoms. The molecule has 0 fully saturated rings. The van der Waals surface area contributed by atoms with Crippen molar-refractivity contribution in [2.75, 3.05) is 34.0 Å². The number of esters is 2. The zero-order valence-electron chi connectivity index (χ0n) is 29.6. The maximum atomic E-state index is 12.4. The lowest BCUT2D eigenvalue weighted by Gasteiger charge is -2.11. The fourth-order valence-corrected chi connectivity index (χ4v) is 4.27. The van der Waals surface area contributed by atoms with Gasteiger partial charge in [0.25, 0.3) is 23.6 Å². The van der Waals surface area contributed by atoms with Crippen molar-refractivity contribution >= 4 is 11.9 Å². The molecule has 0 amide bonds. The fraction of sp³-hybridized carbons (Fsp3) is 0.400. The summed E-state index contributed by atoms with van der Waals surface area (Å²) in [5.41, 5.74) is 0.886. The number of carbonyl (C=O) groups is 2. The maximum absolute atomic E-state index is 12.4. The molecule has 0 aliphatic heterocycles. The van der Waals surface area contributed by atoms with E-state index < -0.39 is 11.9 Å². The van der Waals surface area contributed by atoms with Crippen LogP contribution in [0.3, 0.4) is 0 Å². The van der Waals surface area contributed by atoms with Crippen LogP contribution in [0.4, 0.5) is 0 Å². The highest BCUT2D eigenvalue weighted by atomic mass is 16.5. The van der Waals surface area contributed by atoms with Crippen LogP contribution in [-0.2, 0) is 9.47 Å². The minimum Gasteiger partial charge on any atom is -0.493 e. The van der Waals surface area contributed by atoms with Crippen molar-refractivity contribution in [1.82, 2.24) is 35.3 Å². The summed E-state index contributed by atoms with van der Waals surface area (Å²) in [6, 6.07) is 9.42. The molecule has 0 atom stereocenters. The molecule has 0 aliphatic carbocycles. The Hall–Kier alpha value is -5.93. The van der Waals surface area contributed by atoms with Crippen LogP contribution in [0.1, 0.15) is 62.5 Å². The Labute approximate surface area is 293 Å². The largest absolute Gasteiger partial charge is 0.493 e. The summed E-state index contributed by atoms with van der Waals surface area (Å²) in [4.78, 5) is 38.1.